The summed E-state index contributed by atoms with van der Waals surface area (Å²) in [7, 11) is 1.29. The van der Waals surface area contributed by atoms with Gasteiger partial charge in [0.05, 0.1) is 36.0 Å². The van der Waals surface area contributed by atoms with Gasteiger partial charge in [-0.25, -0.2) is 9.78 Å². The maximum atomic E-state index is 13.1. The Morgan fingerprint density at radius 2 is 2.16 bits per heavy atom. The Kier molecular flexibility index (Phi) is 6.08. The van der Waals surface area contributed by atoms with E-state index in [2.05, 4.69) is 38.1 Å². The van der Waals surface area contributed by atoms with Gasteiger partial charge in [0, 0.05) is 41.0 Å². The lowest BCUT2D eigenvalue weighted by Crippen LogP contribution is -2.07. The van der Waals surface area contributed by atoms with Crippen LogP contribution >= 0.6 is 27.7 Å². The van der Waals surface area contributed by atoms with Crippen molar-refractivity contribution in [1.82, 2.24) is 13.8 Å². The maximum Gasteiger partial charge on any atom is 0.447 e. The molecule has 4 aromatic rings. The molecule has 0 saturated carbocycles. The number of hydrogen-bond acceptors (Lipinski definition) is 5. The van der Waals surface area contributed by atoms with Crippen molar-refractivity contribution < 1.29 is 22.7 Å². The molecule has 4 aromatic heterocycles. The van der Waals surface area contributed by atoms with Crippen molar-refractivity contribution in [2.45, 2.75) is 10.5 Å². The van der Waals surface area contributed by atoms with Crippen LogP contribution in [-0.4, -0.2) is 38.9 Å². The van der Waals surface area contributed by atoms with Gasteiger partial charge in [-0.05, 0) is 40.2 Å². The first kappa shape index (κ1) is 22.1. The molecule has 0 atom stereocenters. The van der Waals surface area contributed by atoms with Gasteiger partial charge in [-0.2, -0.15) is 13.2 Å². The van der Waals surface area contributed by atoms with Crippen LogP contribution in [0.1, 0.15) is 15.9 Å². The van der Waals surface area contributed by atoms with Crippen molar-refractivity contribution in [2.24, 2.45) is 0 Å². The van der Waals surface area contributed by atoms with Crippen molar-refractivity contribution in [2.75, 3.05) is 19.0 Å². The zero-order chi connectivity index (χ0) is 22.9. The van der Waals surface area contributed by atoms with Gasteiger partial charge in [0.25, 0.3) is 0 Å². The number of fused-ring (bicyclic) bond motifs is 2. The number of ether oxygens (including phenoxy) is 1. The molecule has 0 bridgehead atoms. The lowest BCUT2D eigenvalue weighted by atomic mass is 10.2. The summed E-state index contributed by atoms with van der Waals surface area (Å²) in [5.74, 6) is 5.17. The zero-order valence-corrected chi connectivity index (χ0v) is 18.8. The molecule has 1 N–H and O–H groups in total. The van der Waals surface area contributed by atoms with E-state index >= 15 is 0 Å². The number of alkyl halides is 3. The summed E-state index contributed by atoms with van der Waals surface area (Å²) >= 11 is 3.15. The molecule has 4 rings (SSSR count). The summed E-state index contributed by atoms with van der Waals surface area (Å²) in [5, 5.41) is 3.06. The topological polar surface area (TPSA) is 60.0 Å². The van der Waals surface area contributed by atoms with E-state index in [1.165, 1.54) is 11.5 Å². The van der Waals surface area contributed by atoms with Crippen LogP contribution in [-0.2, 0) is 4.74 Å². The number of methoxy groups -OCH3 is 1. The molecule has 0 amide bonds. The third kappa shape index (κ3) is 4.56. The molecule has 0 unspecified atom stereocenters. The Morgan fingerprint density at radius 1 is 1.34 bits per heavy atom. The summed E-state index contributed by atoms with van der Waals surface area (Å²) in [6.45, 7) is 0.122. The minimum Gasteiger partial charge on any atom is -0.465 e. The molecule has 164 valence electrons. The molecule has 6 nitrogen and oxygen atoms in total. The fraction of sp³-hybridized carbons (Fsp3) is 0.143. The predicted molar refractivity (Wildman–Crippen MR) is 119 cm³/mol. The highest BCUT2D eigenvalue weighted by Gasteiger charge is 2.32. The number of pyridine rings is 2. The second kappa shape index (κ2) is 8.80. The molecule has 32 heavy (non-hydrogen) atoms. The Hall–Kier alpha value is -3.10. The first-order valence-corrected chi connectivity index (χ1v) is 10.7. The van der Waals surface area contributed by atoms with Crippen LogP contribution in [0.5, 0.6) is 0 Å². The minimum atomic E-state index is -4.45. The monoisotopic (exact) mass is 522 g/mol. The maximum absolute atomic E-state index is 13.1. The van der Waals surface area contributed by atoms with Gasteiger partial charge in [-0.15, -0.1) is 0 Å². The smallest absolute Gasteiger partial charge is 0.447 e. The van der Waals surface area contributed by atoms with Crippen molar-refractivity contribution in [3.8, 4) is 11.8 Å². The molecule has 0 fully saturated rings. The zero-order valence-electron chi connectivity index (χ0n) is 16.4. The number of nitrogens with zero attached hydrogens (tertiary/aromatic N) is 3. The second-order valence-electron chi connectivity index (χ2n) is 6.47. The van der Waals surface area contributed by atoms with Crippen LogP contribution in [0.3, 0.4) is 0 Å². The molecule has 0 spiro atoms. The van der Waals surface area contributed by atoms with Gasteiger partial charge in [0.15, 0.2) is 5.65 Å². The average Bonchev–Trinajstić information content (AvgIpc) is 3.35. The molecule has 0 aliphatic carbocycles. The van der Waals surface area contributed by atoms with E-state index in [1.54, 1.807) is 53.5 Å². The average molecular weight is 523 g/mol. The molecular weight excluding hydrogens is 509 g/mol. The van der Waals surface area contributed by atoms with Gasteiger partial charge >= 0.3 is 11.5 Å². The highest BCUT2D eigenvalue weighted by molar-refractivity contribution is 9.10. The highest BCUT2D eigenvalue weighted by atomic mass is 79.9. The van der Waals surface area contributed by atoms with E-state index < -0.39 is 11.5 Å². The molecule has 0 saturated heterocycles. The van der Waals surface area contributed by atoms with Crippen LogP contribution in [0.2, 0.25) is 0 Å². The number of carbonyl (C=O) groups is 1. The molecule has 0 aliphatic heterocycles. The van der Waals surface area contributed by atoms with Gasteiger partial charge in [0.2, 0.25) is 0 Å². The lowest BCUT2D eigenvalue weighted by molar-refractivity contribution is -0.0329. The van der Waals surface area contributed by atoms with Crippen LogP contribution in [0.4, 0.5) is 18.9 Å². The number of rotatable bonds is 4. The molecule has 0 aromatic carbocycles. The van der Waals surface area contributed by atoms with Gasteiger partial charge < -0.3 is 18.9 Å². The number of imidazole rings is 1. The second-order valence-corrected chi connectivity index (χ2v) is 8.38. The van der Waals surface area contributed by atoms with Crippen molar-refractivity contribution in [1.29, 1.82) is 0 Å². The molecule has 4 heterocycles. The fourth-order valence-electron chi connectivity index (χ4n) is 3.11. The first-order chi connectivity index (χ1) is 15.3. The minimum absolute atomic E-state index is 0.00960. The normalized spacial score (nSPS) is 11.4. The summed E-state index contributed by atoms with van der Waals surface area (Å²) < 4.78 is 47.9. The number of anilines is 1. The third-order valence-corrected chi connectivity index (χ3v) is 5.94. The lowest BCUT2D eigenvalue weighted by Gasteiger charge is -2.08. The third-order valence-electron chi connectivity index (χ3n) is 4.42. The summed E-state index contributed by atoms with van der Waals surface area (Å²) in [6, 6.07) is 6.60. The largest absolute Gasteiger partial charge is 0.465 e. The summed E-state index contributed by atoms with van der Waals surface area (Å²) in [5.41, 5.74) is -2.17. The molecule has 0 radical (unpaired) electrons. The van der Waals surface area contributed by atoms with Gasteiger partial charge in [-0.1, -0.05) is 11.8 Å². The van der Waals surface area contributed by atoms with E-state index in [9.17, 15) is 18.0 Å². The standard InChI is InChI=1S/C21H14BrF3N4O2S/c1-31-20(30)14-10-16(18-27-7-9-28(18)12-14)26-6-2-4-13-11-17-15(22)5-3-8-29(17)19(13)32-21(23,24)25/h3,5,7-12,26H,6H2,1H3. The van der Waals surface area contributed by atoms with Crippen LogP contribution < -0.4 is 5.32 Å². The molecule has 0 aliphatic rings. The van der Waals surface area contributed by atoms with E-state index in [0.29, 0.717) is 26.9 Å². The number of hydrogen-bond donors (Lipinski definition) is 1. The number of halogens is 4. The number of esters is 1. The van der Waals surface area contributed by atoms with E-state index in [-0.39, 0.29) is 28.9 Å². The quantitative estimate of drug-likeness (QED) is 0.226. The van der Waals surface area contributed by atoms with E-state index in [4.69, 9.17) is 4.74 Å². The number of aromatic nitrogens is 3. The van der Waals surface area contributed by atoms with Crippen LogP contribution in [0.25, 0.3) is 11.2 Å². The predicted octanol–water partition coefficient (Wildman–Crippen LogP) is 5.21. The fourth-order valence-corrected chi connectivity index (χ4v) is 4.27. The van der Waals surface area contributed by atoms with Gasteiger partial charge in [-0.3, -0.25) is 0 Å². The first-order valence-electron chi connectivity index (χ1n) is 9.10. The number of carbonyl (C=O) groups excluding carboxylic acids is 1. The molecule has 11 heteroatoms. The van der Waals surface area contributed by atoms with Crippen LogP contribution in [0, 0.1) is 11.8 Å². The Balaban J connectivity index is 1.63. The SMILES string of the molecule is COC(=O)c1cc(NCC#Cc2cc3c(Br)cccn3c2SC(F)(F)F)c2nccn2c1. The Bertz CT molecular complexity index is 1380. The Labute approximate surface area is 192 Å². The van der Waals surface area contributed by atoms with E-state index in [0.717, 1.165) is 0 Å². The van der Waals surface area contributed by atoms with E-state index in [1.807, 2.05) is 0 Å². The van der Waals surface area contributed by atoms with Crippen molar-refractivity contribution >= 4 is 50.5 Å². The van der Waals surface area contributed by atoms with Crippen molar-refractivity contribution in [3.63, 3.8) is 0 Å². The highest BCUT2D eigenvalue weighted by Crippen LogP contribution is 2.40. The van der Waals surface area contributed by atoms with Gasteiger partial charge in [0.1, 0.15) is 5.03 Å². The number of thioether (sulfide) groups is 1. The van der Waals surface area contributed by atoms with Crippen molar-refractivity contribution in [3.05, 3.63) is 64.7 Å². The molecular formula is C21H14BrF3N4O2S. The summed E-state index contributed by atoms with van der Waals surface area (Å²) in [6.07, 6.45) is 6.42. The summed E-state index contributed by atoms with van der Waals surface area (Å²) in [4.78, 5) is 16.1. The Morgan fingerprint density at radius 3 is 2.91 bits per heavy atom. The van der Waals surface area contributed by atoms with Crippen LogP contribution in [0.15, 0.2) is 58.6 Å². The number of nitrogens with one attached hydrogen (secondary N) is 1.